The Hall–Kier alpha value is -0.469. The molecule has 0 aromatic heterocycles. The Morgan fingerprint density at radius 3 is 1.19 bits per heavy atom. The zero-order valence-electron chi connectivity index (χ0n) is 26.0. The van der Waals surface area contributed by atoms with Gasteiger partial charge in [-0.15, -0.1) is 0 Å². The predicted molar refractivity (Wildman–Crippen MR) is 169 cm³/mol. The van der Waals surface area contributed by atoms with Gasteiger partial charge in [-0.1, -0.05) is 103 Å². The highest BCUT2D eigenvalue weighted by atomic mass is 28.4. The molecule has 2 fully saturated rings. The molecule has 0 N–H and O–H groups in total. The highest BCUT2D eigenvalue weighted by molar-refractivity contribution is 6.81. The summed E-state index contributed by atoms with van der Waals surface area (Å²) in [5, 5.41) is 0.456. The van der Waals surface area contributed by atoms with E-state index in [4.69, 9.17) is 8.85 Å². The first-order valence-corrected chi connectivity index (χ1v) is 23.9. The molecular formula is C32H56O2Si3. The summed E-state index contributed by atoms with van der Waals surface area (Å²) in [6.45, 7) is 29.6. The fourth-order valence-corrected chi connectivity index (χ4v) is 15.9. The van der Waals surface area contributed by atoms with E-state index >= 15 is 0 Å². The maximum Gasteiger partial charge on any atom is 0.192 e. The minimum atomic E-state index is -1.88. The topological polar surface area (TPSA) is 18.5 Å². The lowest BCUT2D eigenvalue weighted by atomic mass is 9.91. The van der Waals surface area contributed by atoms with Gasteiger partial charge in [0, 0.05) is 12.2 Å². The lowest BCUT2D eigenvalue weighted by Gasteiger charge is -2.49. The maximum atomic E-state index is 7.38. The highest BCUT2D eigenvalue weighted by Crippen LogP contribution is 2.61. The molecule has 0 heterocycles. The lowest BCUT2D eigenvalue weighted by molar-refractivity contribution is 0.168. The minimum absolute atomic E-state index is 0.228. The molecule has 0 aliphatic heterocycles. The van der Waals surface area contributed by atoms with Crippen LogP contribution >= 0.6 is 0 Å². The van der Waals surface area contributed by atoms with Crippen molar-refractivity contribution in [3.63, 3.8) is 0 Å². The van der Waals surface area contributed by atoms with Crippen molar-refractivity contribution in [2.75, 3.05) is 0 Å². The third-order valence-corrected chi connectivity index (χ3v) is 25.4. The van der Waals surface area contributed by atoms with Gasteiger partial charge in [0.05, 0.1) is 8.07 Å². The summed E-state index contributed by atoms with van der Waals surface area (Å²) in [5.74, 6) is 2.46. The second-order valence-electron chi connectivity index (χ2n) is 16.2. The van der Waals surface area contributed by atoms with Gasteiger partial charge in [-0.25, -0.2) is 0 Å². The molecule has 4 aliphatic carbocycles. The van der Waals surface area contributed by atoms with Crippen molar-refractivity contribution in [2.24, 2.45) is 23.7 Å². The van der Waals surface area contributed by atoms with Crippen molar-refractivity contribution < 1.29 is 8.85 Å². The van der Waals surface area contributed by atoms with Crippen LogP contribution in [0, 0.1) is 23.7 Å². The van der Waals surface area contributed by atoms with Gasteiger partial charge in [-0.2, -0.15) is 0 Å². The Bertz CT molecular complexity index is 883. The van der Waals surface area contributed by atoms with Crippen molar-refractivity contribution in [3.05, 3.63) is 48.6 Å². The van der Waals surface area contributed by atoms with Crippen LogP contribution in [0.1, 0.15) is 54.4 Å². The van der Waals surface area contributed by atoms with Crippen molar-refractivity contribution >= 4 is 24.7 Å². The van der Waals surface area contributed by atoms with E-state index in [9.17, 15) is 0 Å². The summed E-state index contributed by atoms with van der Waals surface area (Å²) in [7, 11) is -5.64. The Kier molecular flexibility index (Phi) is 7.87. The van der Waals surface area contributed by atoms with Gasteiger partial charge >= 0.3 is 0 Å². The van der Waals surface area contributed by atoms with Crippen LogP contribution in [0.15, 0.2) is 48.6 Å². The summed E-state index contributed by atoms with van der Waals surface area (Å²) in [4.78, 5) is 0. The van der Waals surface area contributed by atoms with Gasteiger partial charge in [-0.3, -0.25) is 0 Å². The van der Waals surface area contributed by atoms with E-state index in [1.165, 1.54) is 12.8 Å². The lowest BCUT2D eigenvalue weighted by Crippen LogP contribution is -2.54. The smallest absolute Gasteiger partial charge is 0.192 e. The average molecular weight is 557 g/mol. The quantitative estimate of drug-likeness (QED) is 0.303. The van der Waals surface area contributed by atoms with Gasteiger partial charge < -0.3 is 8.85 Å². The number of hydrogen-bond donors (Lipinski definition) is 0. The second kappa shape index (κ2) is 9.87. The molecule has 0 amide bonds. The van der Waals surface area contributed by atoms with Crippen LogP contribution in [-0.2, 0) is 8.85 Å². The molecule has 8 atom stereocenters. The Morgan fingerprint density at radius 2 is 0.865 bits per heavy atom. The van der Waals surface area contributed by atoms with E-state index < -0.39 is 24.7 Å². The maximum absolute atomic E-state index is 7.38. The first kappa shape index (κ1) is 29.5. The third kappa shape index (κ3) is 5.46. The molecular weight excluding hydrogens is 501 g/mol. The van der Waals surface area contributed by atoms with Crippen LogP contribution in [0.4, 0.5) is 0 Å². The molecule has 5 heteroatoms. The number of rotatable bonds is 6. The van der Waals surface area contributed by atoms with Crippen LogP contribution in [0.2, 0.25) is 60.4 Å². The van der Waals surface area contributed by atoms with Gasteiger partial charge in [0.15, 0.2) is 16.6 Å². The van der Waals surface area contributed by atoms with Crippen LogP contribution in [0.3, 0.4) is 0 Å². The van der Waals surface area contributed by atoms with Gasteiger partial charge in [0.2, 0.25) is 0 Å². The zero-order chi connectivity index (χ0) is 27.6. The van der Waals surface area contributed by atoms with Gasteiger partial charge in [0.1, 0.15) is 0 Å². The van der Waals surface area contributed by atoms with Crippen molar-refractivity contribution in [1.29, 1.82) is 0 Å². The van der Waals surface area contributed by atoms with E-state index in [0.29, 0.717) is 47.0 Å². The Balaban J connectivity index is 1.74. The van der Waals surface area contributed by atoms with E-state index in [1.54, 1.807) is 0 Å². The van der Waals surface area contributed by atoms with E-state index in [1.807, 2.05) is 0 Å². The number of fused-ring (bicyclic) bond motifs is 2. The monoisotopic (exact) mass is 556 g/mol. The standard InChI is InChI=1S/C32H56O2Si3/c1-31(2,3)36(9,10)33-27-21-23-17-13-15-19-25(23)29(27)35(7,8)30-26-20-16-14-18-24(26)22-28(30)34-37(11,12)32(4,5)6/h13-20,23-30H,21-22H2,1-12H3. The predicted octanol–water partition coefficient (Wildman–Crippen LogP) is 9.74. The number of allylic oxidation sites excluding steroid dienone is 8. The molecule has 4 rings (SSSR count). The molecule has 4 aliphatic rings. The average Bonchev–Trinajstić information content (AvgIpc) is 3.29. The molecule has 0 bridgehead atoms. The SMILES string of the molecule is CC(C)(C)[Si](C)(C)OC1CC2C=CC=CC2C1[Si](C)(C)C1C(O[Si](C)(C)C(C)(C)C)CC2C=CC=CC21. The fourth-order valence-electron chi connectivity index (χ4n) is 7.44. The molecule has 0 saturated heterocycles. The minimum Gasteiger partial charge on any atom is -0.414 e. The first-order chi connectivity index (χ1) is 16.9. The Morgan fingerprint density at radius 1 is 0.541 bits per heavy atom. The molecule has 2 saturated carbocycles. The molecule has 0 aromatic carbocycles. The summed E-state index contributed by atoms with van der Waals surface area (Å²) in [6.07, 6.45) is 22.4. The zero-order valence-corrected chi connectivity index (χ0v) is 29.0. The molecule has 2 nitrogen and oxygen atoms in total. The molecule has 0 aromatic rings. The number of hydrogen-bond acceptors (Lipinski definition) is 2. The van der Waals surface area contributed by atoms with Crippen molar-refractivity contribution in [2.45, 2.75) is 127 Å². The van der Waals surface area contributed by atoms with Crippen molar-refractivity contribution in [3.8, 4) is 0 Å². The Labute approximate surface area is 232 Å². The van der Waals surface area contributed by atoms with Crippen LogP contribution in [0.25, 0.3) is 0 Å². The van der Waals surface area contributed by atoms with Gasteiger partial charge in [0.25, 0.3) is 0 Å². The van der Waals surface area contributed by atoms with Gasteiger partial charge in [-0.05, 0) is 83.9 Å². The molecule has 208 valence electrons. The first-order valence-electron chi connectivity index (χ1n) is 14.9. The van der Waals surface area contributed by atoms with E-state index in [0.717, 1.165) is 0 Å². The van der Waals surface area contributed by atoms with Crippen LogP contribution < -0.4 is 0 Å². The molecule has 0 spiro atoms. The highest BCUT2D eigenvalue weighted by Gasteiger charge is 2.60. The second-order valence-corrected chi connectivity index (χ2v) is 30.7. The normalized spacial score (nSPS) is 36.2. The summed E-state index contributed by atoms with van der Waals surface area (Å²) >= 11 is 0. The largest absolute Gasteiger partial charge is 0.414 e. The van der Waals surface area contributed by atoms with Crippen LogP contribution in [0.5, 0.6) is 0 Å². The summed E-state index contributed by atoms with van der Waals surface area (Å²) in [6, 6.07) is 0. The summed E-state index contributed by atoms with van der Waals surface area (Å²) < 4.78 is 14.8. The third-order valence-electron chi connectivity index (χ3n) is 11.5. The van der Waals surface area contributed by atoms with Crippen molar-refractivity contribution in [1.82, 2.24) is 0 Å². The van der Waals surface area contributed by atoms with E-state index in [2.05, 4.69) is 129 Å². The van der Waals surface area contributed by atoms with Crippen LogP contribution in [-0.4, -0.2) is 36.9 Å². The molecule has 37 heavy (non-hydrogen) atoms. The molecule has 8 unspecified atom stereocenters. The fraction of sp³-hybridized carbons (Fsp3) is 0.750. The molecule has 0 radical (unpaired) electrons. The van der Waals surface area contributed by atoms with E-state index in [-0.39, 0.29) is 10.1 Å². The summed E-state index contributed by atoms with van der Waals surface area (Å²) in [5.41, 5.74) is 1.25.